The Morgan fingerprint density at radius 2 is 2.16 bits per heavy atom. The first-order valence-electron chi connectivity index (χ1n) is 6.64. The van der Waals surface area contributed by atoms with Crippen molar-refractivity contribution in [2.75, 3.05) is 5.73 Å². The monoisotopic (exact) mass is 254 g/mol. The van der Waals surface area contributed by atoms with Gasteiger partial charge in [-0.05, 0) is 61.6 Å². The SMILES string of the molecule is CC(C)n1ncnc1C=C1CCc2cc(N)ccc21. The molecule has 0 aliphatic heterocycles. The minimum atomic E-state index is 0.321. The van der Waals surface area contributed by atoms with Crippen LogP contribution in [0, 0.1) is 0 Å². The molecule has 0 bridgehead atoms. The highest BCUT2D eigenvalue weighted by Crippen LogP contribution is 2.34. The summed E-state index contributed by atoms with van der Waals surface area (Å²) in [5, 5.41) is 4.27. The van der Waals surface area contributed by atoms with E-state index < -0.39 is 0 Å². The van der Waals surface area contributed by atoms with Crippen LogP contribution < -0.4 is 5.73 Å². The Hall–Kier alpha value is -2.10. The number of benzene rings is 1. The van der Waals surface area contributed by atoms with Gasteiger partial charge in [0.05, 0.1) is 0 Å². The van der Waals surface area contributed by atoms with Crippen molar-refractivity contribution in [1.82, 2.24) is 14.8 Å². The number of nitrogens with two attached hydrogens (primary N) is 1. The number of anilines is 1. The molecule has 0 atom stereocenters. The van der Waals surface area contributed by atoms with Crippen LogP contribution in [0.4, 0.5) is 5.69 Å². The number of nitrogen functional groups attached to an aromatic ring is 1. The predicted octanol–water partition coefficient (Wildman–Crippen LogP) is 2.93. The predicted molar refractivity (Wildman–Crippen MR) is 77.5 cm³/mol. The fourth-order valence-electron chi connectivity index (χ4n) is 2.60. The van der Waals surface area contributed by atoms with Gasteiger partial charge in [0.2, 0.25) is 0 Å². The summed E-state index contributed by atoms with van der Waals surface area (Å²) in [6, 6.07) is 6.47. The van der Waals surface area contributed by atoms with Crippen LogP contribution in [0.3, 0.4) is 0 Å². The number of allylic oxidation sites excluding steroid dienone is 1. The molecule has 3 rings (SSSR count). The van der Waals surface area contributed by atoms with Crippen molar-refractivity contribution < 1.29 is 0 Å². The summed E-state index contributed by atoms with van der Waals surface area (Å²) in [4.78, 5) is 4.34. The van der Waals surface area contributed by atoms with Crippen LogP contribution in [0.2, 0.25) is 0 Å². The van der Waals surface area contributed by atoms with E-state index in [4.69, 9.17) is 5.73 Å². The van der Waals surface area contributed by atoms with E-state index in [1.165, 1.54) is 16.7 Å². The van der Waals surface area contributed by atoms with Gasteiger partial charge in [0, 0.05) is 11.7 Å². The zero-order valence-corrected chi connectivity index (χ0v) is 11.3. The van der Waals surface area contributed by atoms with E-state index in [1.54, 1.807) is 6.33 Å². The molecule has 1 aromatic heterocycles. The number of aryl methyl sites for hydroxylation is 1. The molecule has 4 heteroatoms. The molecule has 1 aliphatic carbocycles. The molecule has 2 N–H and O–H groups in total. The molecule has 1 aromatic carbocycles. The summed E-state index contributed by atoms with van der Waals surface area (Å²) in [6.07, 6.45) is 5.87. The molecule has 0 spiro atoms. The number of nitrogens with zero attached hydrogens (tertiary/aromatic N) is 3. The zero-order chi connectivity index (χ0) is 13.4. The van der Waals surface area contributed by atoms with Crippen molar-refractivity contribution in [2.24, 2.45) is 0 Å². The summed E-state index contributed by atoms with van der Waals surface area (Å²) in [6.45, 7) is 4.22. The van der Waals surface area contributed by atoms with Gasteiger partial charge in [-0.3, -0.25) is 0 Å². The molecule has 0 fully saturated rings. The summed E-state index contributed by atoms with van der Waals surface area (Å²) in [7, 11) is 0. The smallest absolute Gasteiger partial charge is 0.151 e. The minimum absolute atomic E-state index is 0.321. The number of aromatic nitrogens is 3. The Morgan fingerprint density at radius 3 is 2.95 bits per heavy atom. The average Bonchev–Trinajstić information content (AvgIpc) is 2.97. The number of hydrogen-bond acceptors (Lipinski definition) is 3. The van der Waals surface area contributed by atoms with Crippen molar-refractivity contribution >= 4 is 17.3 Å². The van der Waals surface area contributed by atoms with Crippen LogP contribution in [0.15, 0.2) is 24.5 Å². The van der Waals surface area contributed by atoms with E-state index in [0.717, 1.165) is 24.4 Å². The second-order valence-corrected chi connectivity index (χ2v) is 5.24. The van der Waals surface area contributed by atoms with E-state index in [2.05, 4.69) is 42.1 Å². The van der Waals surface area contributed by atoms with Gasteiger partial charge < -0.3 is 5.73 Å². The molecule has 98 valence electrons. The Kier molecular flexibility index (Phi) is 2.85. The van der Waals surface area contributed by atoms with Crippen LogP contribution >= 0.6 is 0 Å². The van der Waals surface area contributed by atoms with E-state index in [1.807, 2.05) is 10.7 Å². The quantitative estimate of drug-likeness (QED) is 0.838. The molecular weight excluding hydrogens is 236 g/mol. The first-order valence-corrected chi connectivity index (χ1v) is 6.64. The first-order chi connectivity index (χ1) is 9.15. The summed E-state index contributed by atoms with van der Waals surface area (Å²) in [5.41, 5.74) is 10.6. The lowest BCUT2D eigenvalue weighted by molar-refractivity contribution is 0.526. The molecule has 0 radical (unpaired) electrons. The van der Waals surface area contributed by atoms with E-state index in [0.29, 0.717) is 6.04 Å². The van der Waals surface area contributed by atoms with Gasteiger partial charge in [-0.1, -0.05) is 6.07 Å². The molecule has 0 saturated heterocycles. The fraction of sp³-hybridized carbons (Fsp3) is 0.333. The van der Waals surface area contributed by atoms with Gasteiger partial charge in [-0.15, -0.1) is 0 Å². The molecule has 1 heterocycles. The van der Waals surface area contributed by atoms with Crippen LogP contribution in [-0.2, 0) is 6.42 Å². The molecule has 0 saturated carbocycles. The highest BCUT2D eigenvalue weighted by molar-refractivity contribution is 5.84. The standard InChI is InChI=1S/C15H18N4/c1-10(2)19-15(17-9-18-19)8-12-4-3-11-7-13(16)5-6-14(11)12/h5-10H,3-4,16H2,1-2H3. The highest BCUT2D eigenvalue weighted by Gasteiger charge is 2.17. The summed E-state index contributed by atoms with van der Waals surface area (Å²) < 4.78 is 1.95. The van der Waals surface area contributed by atoms with E-state index in [9.17, 15) is 0 Å². The highest BCUT2D eigenvalue weighted by atomic mass is 15.3. The maximum Gasteiger partial charge on any atom is 0.151 e. The normalized spacial score (nSPS) is 16.3. The van der Waals surface area contributed by atoms with Crippen molar-refractivity contribution in [3.05, 3.63) is 41.5 Å². The number of fused-ring (bicyclic) bond motifs is 1. The first kappa shape index (κ1) is 12.0. The lowest BCUT2D eigenvalue weighted by atomic mass is 10.1. The molecule has 2 aromatic rings. The molecule has 19 heavy (non-hydrogen) atoms. The second-order valence-electron chi connectivity index (χ2n) is 5.24. The number of rotatable bonds is 2. The third-order valence-electron chi connectivity index (χ3n) is 3.53. The largest absolute Gasteiger partial charge is 0.399 e. The lowest BCUT2D eigenvalue weighted by Gasteiger charge is -2.07. The lowest BCUT2D eigenvalue weighted by Crippen LogP contribution is -2.05. The fourth-order valence-corrected chi connectivity index (χ4v) is 2.60. The van der Waals surface area contributed by atoms with Gasteiger partial charge in [-0.2, -0.15) is 5.10 Å². The Labute approximate surface area is 113 Å². The van der Waals surface area contributed by atoms with E-state index >= 15 is 0 Å². The van der Waals surface area contributed by atoms with Gasteiger partial charge in [0.15, 0.2) is 5.82 Å². The van der Waals surface area contributed by atoms with Crippen LogP contribution in [0.25, 0.3) is 11.6 Å². The van der Waals surface area contributed by atoms with Gasteiger partial charge in [0.25, 0.3) is 0 Å². The Bertz CT molecular complexity index is 637. The Morgan fingerprint density at radius 1 is 1.32 bits per heavy atom. The Balaban J connectivity index is 2.01. The van der Waals surface area contributed by atoms with Crippen molar-refractivity contribution in [3.63, 3.8) is 0 Å². The molecule has 0 unspecified atom stereocenters. The molecular formula is C15H18N4. The number of hydrogen-bond donors (Lipinski definition) is 1. The van der Waals surface area contributed by atoms with Crippen molar-refractivity contribution in [3.8, 4) is 0 Å². The van der Waals surface area contributed by atoms with E-state index in [-0.39, 0.29) is 0 Å². The third-order valence-corrected chi connectivity index (χ3v) is 3.53. The van der Waals surface area contributed by atoms with Gasteiger partial charge in [0.1, 0.15) is 6.33 Å². The topological polar surface area (TPSA) is 56.7 Å². The average molecular weight is 254 g/mol. The maximum atomic E-state index is 5.83. The van der Waals surface area contributed by atoms with Crippen molar-refractivity contribution in [1.29, 1.82) is 0 Å². The van der Waals surface area contributed by atoms with Gasteiger partial charge >= 0.3 is 0 Å². The molecule has 1 aliphatic rings. The van der Waals surface area contributed by atoms with Gasteiger partial charge in [-0.25, -0.2) is 9.67 Å². The zero-order valence-electron chi connectivity index (χ0n) is 11.3. The van der Waals surface area contributed by atoms with Crippen LogP contribution in [0.1, 0.15) is 43.3 Å². The molecule has 0 amide bonds. The second kappa shape index (κ2) is 4.53. The van der Waals surface area contributed by atoms with Crippen LogP contribution in [0.5, 0.6) is 0 Å². The van der Waals surface area contributed by atoms with Crippen molar-refractivity contribution in [2.45, 2.75) is 32.7 Å². The molecule has 4 nitrogen and oxygen atoms in total. The maximum absolute atomic E-state index is 5.83. The van der Waals surface area contributed by atoms with Crippen LogP contribution in [-0.4, -0.2) is 14.8 Å². The minimum Gasteiger partial charge on any atom is -0.399 e. The summed E-state index contributed by atoms with van der Waals surface area (Å²) >= 11 is 0. The summed E-state index contributed by atoms with van der Waals surface area (Å²) in [5.74, 6) is 0.926. The third kappa shape index (κ3) is 2.14.